The van der Waals surface area contributed by atoms with E-state index in [4.69, 9.17) is 9.98 Å². The summed E-state index contributed by atoms with van der Waals surface area (Å²) >= 11 is 0. The van der Waals surface area contributed by atoms with Crippen molar-refractivity contribution in [2.75, 3.05) is 7.05 Å². The average molecular weight is 1040 g/mol. The normalized spacial score (nSPS) is 11.7. The first-order chi connectivity index (χ1) is 39.5. The summed E-state index contributed by atoms with van der Waals surface area (Å²) in [6.07, 6.45) is 15.8. The maximum atomic E-state index is 4.89. The Kier molecular flexibility index (Phi) is 16.6. The predicted molar refractivity (Wildman–Crippen MR) is 348 cm³/mol. The number of nitrogens with zero attached hydrogens (tertiary/aromatic N) is 5. The summed E-state index contributed by atoms with van der Waals surface area (Å²) in [5.41, 5.74) is 18.9. The summed E-state index contributed by atoms with van der Waals surface area (Å²) in [4.78, 5) is 9.66. The van der Waals surface area contributed by atoms with Gasteiger partial charge in [-0.15, -0.1) is 6.58 Å². The lowest BCUT2D eigenvalue weighted by atomic mass is 10.0. The average Bonchev–Trinajstić information content (AvgIpc) is 4.21. The number of allylic oxidation sites excluding steroid dienone is 7. The van der Waals surface area contributed by atoms with Crippen LogP contribution in [0, 0.1) is 0 Å². The lowest BCUT2D eigenvalue weighted by Gasteiger charge is -2.12. The highest BCUT2D eigenvalue weighted by Crippen LogP contribution is 2.40. The molecular formula is C75H65N5. The van der Waals surface area contributed by atoms with Crippen LogP contribution in [0.3, 0.4) is 0 Å². The largest absolute Gasteiger partial charge is 0.309 e. The van der Waals surface area contributed by atoms with Gasteiger partial charge in [0.25, 0.3) is 0 Å². The van der Waals surface area contributed by atoms with E-state index in [1.54, 1.807) is 12.2 Å². The van der Waals surface area contributed by atoms with Gasteiger partial charge in [0, 0.05) is 57.2 Å². The van der Waals surface area contributed by atoms with Gasteiger partial charge in [-0.1, -0.05) is 196 Å². The van der Waals surface area contributed by atoms with Crippen LogP contribution in [0.25, 0.3) is 111 Å². The Morgan fingerprint density at radius 3 is 1.59 bits per heavy atom. The lowest BCUT2D eigenvalue weighted by Crippen LogP contribution is -2.02. The molecule has 4 aromatic heterocycles. The molecule has 0 aliphatic rings. The Morgan fingerprint density at radius 2 is 0.950 bits per heavy atom. The van der Waals surface area contributed by atoms with E-state index in [9.17, 15) is 0 Å². The molecule has 0 spiro atoms. The van der Waals surface area contributed by atoms with Crippen molar-refractivity contribution < 1.29 is 0 Å². The zero-order valence-electron chi connectivity index (χ0n) is 46.2. The number of rotatable bonds is 10. The number of para-hydroxylation sites is 3. The van der Waals surface area contributed by atoms with E-state index in [1.807, 2.05) is 65.2 Å². The maximum absolute atomic E-state index is 4.89. The summed E-state index contributed by atoms with van der Waals surface area (Å²) < 4.78 is 7.10. The molecular weight excluding hydrogens is 971 g/mol. The number of aromatic nitrogens is 4. The van der Waals surface area contributed by atoms with Crippen LogP contribution in [0.2, 0.25) is 0 Å². The topological polar surface area (TPSA) is 40.0 Å². The molecule has 0 saturated carbocycles. The first-order valence-corrected chi connectivity index (χ1v) is 27.4. The van der Waals surface area contributed by atoms with Gasteiger partial charge in [0.2, 0.25) is 0 Å². The summed E-state index contributed by atoms with van der Waals surface area (Å²) in [6.45, 7) is 14.7. The predicted octanol–water partition coefficient (Wildman–Crippen LogP) is 20.4. The standard InChI is InChI=1S/C65H45N5.C5H8.C3H6.C2H6/c1-66-58(45-19-7-3-8-20-45)43-52(34-30-44-17-5-2-6-18-44)70-60-28-14-12-26-54(60)56-41-48(32-36-62(56)70)47-31-35-61-55(40-47)53-25-11-13-27-59(53)69(61)51-24-15-21-46(39-51)49-33-37-63-57(42-49)65-64(29-16-38-67-65)68(63)50-22-9-4-10-23-50;1-3-5-4-2;1-3-2;1-2/h2-43H,1H3;3-5H,1H2,2H3;3H,1H2,2H3;1-2H3/b34-30+,52-43+,66-58?;5-4-;;. The number of benzene rings is 9. The Labute approximate surface area is 470 Å². The fraction of sp³-hybridized carbons (Fsp3) is 0.0667. The van der Waals surface area contributed by atoms with Gasteiger partial charge in [-0.2, -0.15) is 0 Å². The van der Waals surface area contributed by atoms with Crippen LogP contribution in [-0.2, 0) is 0 Å². The van der Waals surface area contributed by atoms with Crippen molar-refractivity contribution in [1.82, 2.24) is 18.7 Å². The first-order valence-electron chi connectivity index (χ1n) is 27.4. The number of fused-ring (bicyclic) bond motifs is 9. The van der Waals surface area contributed by atoms with Crippen LogP contribution >= 0.6 is 0 Å². The molecule has 0 aliphatic heterocycles. The second-order valence-corrected chi connectivity index (χ2v) is 19.0. The molecule has 5 nitrogen and oxygen atoms in total. The molecule has 13 aromatic rings. The second kappa shape index (κ2) is 24.9. The molecule has 80 heavy (non-hydrogen) atoms. The Bertz CT molecular complexity index is 4430. The van der Waals surface area contributed by atoms with E-state index < -0.39 is 0 Å². The molecule has 0 fully saturated rings. The number of hydrogen-bond acceptors (Lipinski definition) is 2. The lowest BCUT2D eigenvalue weighted by molar-refractivity contribution is 1.17. The highest BCUT2D eigenvalue weighted by atomic mass is 15.0. The second-order valence-electron chi connectivity index (χ2n) is 19.0. The first kappa shape index (κ1) is 53.3. The highest BCUT2D eigenvalue weighted by molar-refractivity contribution is 6.17. The minimum absolute atomic E-state index is 0.914. The third kappa shape index (κ3) is 10.7. The minimum atomic E-state index is 0.914. The zero-order valence-corrected chi connectivity index (χ0v) is 46.2. The van der Waals surface area contributed by atoms with E-state index >= 15 is 0 Å². The van der Waals surface area contributed by atoms with Crippen molar-refractivity contribution >= 4 is 83.0 Å². The van der Waals surface area contributed by atoms with E-state index in [2.05, 4.69) is 263 Å². The van der Waals surface area contributed by atoms with Crippen molar-refractivity contribution in [3.05, 3.63) is 297 Å². The summed E-state index contributed by atoms with van der Waals surface area (Å²) in [5, 5.41) is 5.96. The SMILES string of the molecule is C=C/C=C\C.C=CC.CC.CN=C(/C=C(\C=C\c1ccccc1)n1c2ccccc2c2cc(-c3ccc4c(c3)c3ccccc3n4-c3cccc(-c4ccc5c(c4)c4ncccc4n5-c4ccccc4)c3)ccc21)c1ccccc1. The summed E-state index contributed by atoms with van der Waals surface area (Å²) in [5.74, 6) is 0. The van der Waals surface area contributed by atoms with E-state index in [-0.39, 0.29) is 0 Å². The third-order valence-electron chi connectivity index (χ3n) is 14.1. The van der Waals surface area contributed by atoms with Gasteiger partial charge < -0.3 is 13.7 Å². The van der Waals surface area contributed by atoms with Crippen LogP contribution in [0.1, 0.15) is 38.8 Å². The molecule has 0 aliphatic carbocycles. The Balaban J connectivity index is 0.000000671. The van der Waals surface area contributed by atoms with Crippen molar-refractivity contribution in [3.8, 4) is 33.6 Å². The highest BCUT2D eigenvalue weighted by Gasteiger charge is 2.19. The smallest absolute Gasteiger partial charge is 0.0963 e. The molecule has 0 amide bonds. The van der Waals surface area contributed by atoms with Gasteiger partial charge in [-0.3, -0.25) is 9.98 Å². The van der Waals surface area contributed by atoms with Gasteiger partial charge in [0.05, 0.1) is 44.3 Å². The van der Waals surface area contributed by atoms with Crippen LogP contribution in [0.5, 0.6) is 0 Å². The van der Waals surface area contributed by atoms with Crippen molar-refractivity contribution in [2.45, 2.75) is 27.7 Å². The van der Waals surface area contributed by atoms with Crippen LogP contribution in [-0.4, -0.2) is 31.4 Å². The van der Waals surface area contributed by atoms with Crippen LogP contribution < -0.4 is 0 Å². The van der Waals surface area contributed by atoms with Gasteiger partial charge in [-0.25, -0.2) is 0 Å². The van der Waals surface area contributed by atoms with Gasteiger partial charge in [-0.05, 0) is 144 Å². The quantitative estimate of drug-likeness (QED) is 0.0764. The maximum Gasteiger partial charge on any atom is 0.0963 e. The molecule has 0 saturated heterocycles. The molecule has 0 N–H and O–H groups in total. The molecule has 4 heterocycles. The van der Waals surface area contributed by atoms with Crippen LogP contribution in [0.15, 0.2) is 291 Å². The Morgan fingerprint density at radius 1 is 0.463 bits per heavy atom. The van der Waals surface area contributed by atoms with Crippen molar-refractivity contribution in [2.24, 2.45) is 4.99 Å². The number of pyridine rings is 1. The van der Waals surface area contributed by atoms with Gasteiger partial charge in [0.15, 0.2) is 0 Å². The molecule has 0 radical (unpaired) electrons. The monoisotopic (exact) mass is 1040 g/mol. The molecule has 0 unspecified atom stereocenters. The Hall–Kier alpha value is -10.1. The van der Waals surface area contributed by atoms with Crippen molar-refractivity contribution in [3.63, 3.8) is 0 Å². The van der Waals surface area contributed by atoms with E-state index in [0.29, 0.717) is 0 Å². The fourth-order valence-electron chi connectivity index (χ4n) is 10.7. The molecule has 9 aromatic carbocycles. The molecule has 13 rings (SSSR count). The minimum Gasteiger partial charge on any atom is -0.309 e. The van der Waals surface area contributed by atoms with Gasteiger partial charge in [0.1, 0.15) is 0 Å². The number of hydrogen-bond donors (Lipinski definition) is 0. The fourth-order valence-corrected chi connectivity index (χ4v) is 10.7. The van der Waals surface area contributed by atoms with Crippen LogP contribution in [0.4, 0.5) is 0 Å². The molecule has 5 heteroatoms. The number of aliphatic imine (C=N–C) groups is 1. The van der Waals surface area contributed by atoms with E-state index in [1.165, 1.54) is 38.2 Å². The molecule has 0 atom stereocenters. The third-order valence-corrected chi connectivity index (χ3v) is 14.1. The molecule has 0 bridgehead atoms. The molecule has 390 valence electrons. The van der Waals surface area contributed by atoms with Gasteiger partial charge >= 0.3 is 0 Å². The van der Waals surface area contributed by atoms with Crippen molar-refractivity contribution in [1.29, 1.82) is 0 Å². The summed E-state index contributed by atoms with van der Waals surface area (Å²) in [6, 6.07) is 82.7. The summed E-state index contributed by atoms with van der Waals surface area (Å²) in [7, 11) is 1.87. The zero-order chi connectivity index (χ0) is 55.4. The van der Waals surface area contributed by atoms with E-state index in [0.717, 1.165) is 83.5 Å².